The Labute approximate surface area is 113 Å². The predicted molar refractivity (Wildman–Crippen MR) is 69.7 cm³/mol. The molecular formula is C13H12N2O5. The largest absolute Gasteiger partial charge is 0.480 e. The lowest BCUT2D eigenvalue weighted by Crippen LogP contribution is -2.22. The van der Waals surface area contributed by atoms with Crippen molar-refractivity contribution in [2.75, 3.05) is 6.61 Å². The molecule has 0 spiro atoms. The number of aromatic nitrogens is 1. The van der Waals surface area contributed by atoms with Gasteiger partial charge >= 0.3 is 11.9 Å². The van der Waals surface area contributed by atoms with E-state index < -0.39 is 24.6 Å². The van der Waals surface area contributed by atoms with Gasteiger partial charge in [-0.3, -0.25) is 4.99 Å². The molecule has 3 N–H and O–H groups in total. The quantitative estimate of drug-likeness (QED) is 0.699. The Bertz CT molecular complexity index is 621. The first-order chi connectivity index (χ1) is 9.61. The van der Waals surface area contributed by atoms with Gasteiger partial charge in [0.15, 0.2) is 11.7 Å². The van der Waals surface area contributed by atoms with E-state index in [9.17, 15) is 9.90 Å². The summed E-state index contributed by atoms with van der Waals surface area (Å²) in [5.41, 5.74) is 0.669. The minimum absolute atomic E-state index is 0.00329. The van der Waals surface area contributed by atoms with Crippen molar-refractivity contribution >= 4 is 12.2 Å². The van der Waals surface area contributed by atoms with E-state index in [0.717, 1.165) is 6.21 Å². The third-order valence-electron chi connectivity index (χ3n) is 2.49. The molecule has 0 bridgehead atoms. The number of oxazole rings is 1. The van der Waals surface area contributed by atoms with Crippen LogP contribution in [0.25, 0.3) is 11.5 Å². The molecule has 1 atom stereocenters. The van der Waals surface area contributed by atoms with Crippen LogP contribution in [0.3, 0.4) is 0 Å². The SMILES string of the molecule is O=C(O)[C@H](CO)N=Cc1nc(-c2ccccc2)oc1O. The van der Waals surface area contributed by atoms with Crippen molar-refractivity contribution in [3.63, 3.8) is 0 Å². The Morgan fingerprint density at radius 1 is 1.40 bits per heavy atom. The van der Waals surface area contributed by atoms with Gasteiger partial charge < -0.3 is 19.7 Å². The predicted octanol–water partition coefficient (Wildman–Crippen LogP) is 0.912. The lowest BCUT2D eigenvalue weighted by molar-refractivity contribution is -0.139. The van der Waals surface area contributed by atoms with Crippen LogP contribution in [-0.2, 0) is 4.79 Å². The number of aliphatic imine (C=N–C) groups is 1. The van der Waals surface area contributed by atoms with Gasteiger partial charge in [-0.25, -0.2) is 9.78 Å². The number of carbonyl (C=O) groups is 1. The lowest BCUT2D eigenvalue weighted by atomic mass is 10.2. The molecule has 2 aromatic rings. The van der Waals surface area contributed by atoms with E-state index in [1.807, 2.05) is 6.07 Å². The zero-order valence-electron chi connectivity index (χ0n) is 10.3. The van der Waals surface area contributed by atoms with Crippen LogP contribution in [0.2, 0.25) is 0 Å². The second kappa shape index (κ2) is 5.98. The molecule has 0 aliphatic rings. The van der Waals surface area contributed by atoms with Crippen LogP contribution in [-0.4, -0.2) is 45.1 Å². The van der Waals surface area contributed by atoms with E-state index in [0.29, 0.717) is 5.56 Å². The first-order valence-corrected chi connectivity index (χ1v) is 5.74. The summed E-state index contributed by atoms with van der Waals surface area (Å²) in [4.78, 5) is 18.3. The number of benzene rings is 1. The number of aliphatic hydroxyl groups is 1. The molecule has 0 amide bonds. The van der Waals surface area contributed by atoms with Gasteiger partial charge in [0, 0.05) is 5.56 Å². The summed E-state index contributed by atoms with van der Waals surface area (Å²) in [6, 6.07) is 7.60. The number of rotatable bonds is 5. The van der Waals surface area contributed by atoms with Gasteiger partial charge in [-0.2, -0.15) is 0 Å². The smallest absolute Gasteiger partial charge is 0.330 e. The van der Waals surface area contributed by atoms with Gasteiger partial charge in [-0.15, -0.1) is 0 Å². The van der Waals surface area contributed by atoms with E-state index >= 15 is 0 Å². The monoisotopic (exact) mass is 276 g/mol. The van der Waals surface area contributed by atoms with Gasteiger partial charge in [0.2, 0.25) is 5.89 Å². The minimum Gasteiger partial charge on any atom is -0.480 e. The first-order valence-electron chi connectivity index (χ1n) is 5.74. The first kappa shape index (κ1) is 13.8. The Hall–Kier alpha value is -2.67. The molecular weight excluding hydrogens is 264 g/mol. The lowest BCUT2D eigenvalue weighted by Gasteiger charge is -2.00. The van der Waals surface area contributed by atoms with Crippen LogP contribution in [0.15, 0.2) is 39.7 Å². The number of aliphatic carboxylic acids is 1. The van der Waals surface area contributed by atoms with Crippen molar-refractivity contribution in [1.29, 1.82) is 0 Å². The van der Waals surface area contributed by atoms with E-state index in [-0.39, 0.29) is 11.6 Å². The molecule has 0 aliphatic heterocycles. The van der Waals surface area contributed by atoms with Crippen LogP contribution < -0.4 is 0 Å². The average molecular weight is 276 g/mol. The molecule has 104 valence electrons. The number of aliphatic hydroxyl groups excluding tert-OH is 1. The zero-order chi connectivity index (χ0) is 14.5. The summed E-state index contributed by atoms with van der Waals surface area (Å²) in [5, 5.41) is 27.1. The van der Waals surface area contributed by atoms with E-state index in [1.54, 1.807) is 24.3 Å². The van der Waals surface area contributed by atoms with Crippen LogP contribution in [0.5, 0.6) is 5.95 Å². The van der Waals surface area contributed by atoms with Crippen LogP contribution in [0.1, 0.15) is 5.69 Å². The average Bonchev–Trinajstić information content (AvgIpc) is 2.82. The van der Waals surface area contributed by atoms with E-state index in [4.69, 9.17) is 14.6 Å². The third kappa shape index (κ3) is 3.01. The highest BCUT2D eigenvalue weighted by atomic mass is 16.5. The molecule has 20 heavy (non-hydrogen) atoms. The maximum absolute atomic E-state index is 10.7. The number of hydrogen-bond acceptors (Lipinski definition) is 6. The Kier molecular flexibility index (Phi) is 4.11. The molecule has 0 unspecified atom stereocenters. The summed E-state index contributed by atoms with van der Waals surface area (Å²) in [5.74, 6) is -1.54. The molecule has 1 aromatic carbocycles. The number of hydrogen-bond donors (Lipinski definition) is 3. The summed E-state index contributed by atoms with van der Waals surface area (Å²) < 4.78 is 5.07. The fourth-order valence-corrected chi connectivity index (χ4v) is 1.46. The highest BCUT2D eigenvalue weighted by Crippen LogP contribution is 2.25. The summed E-state index contributed by atoms with van der Waals surface area (Å²) in [6.45, 7) is -0.643. The van der Waals surface area contributed by atoms with Gasteiger partial charge in [-0.05, 0) is 12.1 Å². The summed E-state index contributed by atoms with van der Waals surface area (Å²) in [7, 11) is 0. The Balaban J connectivity index is 2.24. The maximum Gasteiger partial charge on any atom is 0.330 e. The molecule has 0 aliphatic carbocycles. The zero-order valence-corrected chi connectivity index (χ0v) is 10.3. The van der Waals surface area contributed by atoms with Crippen LogP contribution in [0, 0.1) is 0 Å². The normalized spacial score (nSPS) is 12.7. The molecule has 0 fully saturated rings. The Morgan fingerprint density at radius 3 is 2.70 bits per heavy atom. The molecule has 0 saturated carbocycles. The number of carboxylic acids is 1. The summed E-state index contributed by atoms with van der Waals surface area (Å²) in [6.07, 6.45) is 1.06. The fourth-order valence-electron chi connectivity index (χ4n) is 1.46. The van der Waals surface area contributed by atoms with Gasteiger partial charge in [0.25, 0.3) is 0 Å². The van der Waals surface area contributed by atoms with Crippen molar-refractivity contribution in [1.82, 2.24) is 4.98 Å². The molecule has 2 rings (SSSR count). The number of aromatic hydroxyl groups is 1. The number of nitrogens with zero attached hydrogens (tertiary/aromatic N) is 2. The molecule has 7 nitrogen and oxygen atoms in total. The van der Waals surface area contributed by atoms with Crippen molar-refractivity contribution in [2.45, 2.75) is 6.04 Å². The highest BCUT2D eigenvalue weighted by Gasteiger charge is 2.16. The van der Waals surface area contributed by atoms with Crippen LogP contribution in [0.4, 0.5) is 0 Å². The topological polar surface area (TPSA) is 116 Å². The minimum atomic E-state index is -1.30. The molecule has 0 saturated heterocycles. The van der Waals surface area contributed by atoms with Crippen molar-refractivity contribution in [2.24, 2.45) is 4.99 Å². The Morgan fingerprint density at radius 2 is 2.10 bits per heavy atom. The number of carboxylic acid groups (broad SMARTS) is 1. The van der Waals surface area contributed by atoms with E-state index in [1.165, 1.54) is 0 Å². The van der Waals surface area contributed by atoms with Gasteiger partial charge in [0.1, 0.15) is 0 Å². The van der Waals surface area contributed by atoms with Crippen molar-refractivity contribution in [3.05, 3.63) is 36.0 Å². The van der Waals surface area contributed by atoms with Gasteiger partial charge in [0.05, 0.1) is 12.8 Å². The standard InChI is InChI=1S/C13H12N2O5/c16-7-10(12(17)18)14-6-9-13(19)20-11(15-9)8-4-2-1-3-5-8/h1-6,10,16,19H,7H2,(H,17,18)/t10-/m0/s1. The summed E-state index contributed by atoms with van der Waals surface area (Å²) >= 11 is 0. The van der Waals surface area contributed by atoms with Crippen LogP contribution >= 0.6 is 0 Å². The van der Waals surface area contributed by atoms with Crippen molar-refractivity contribution < 1.29 is 24.5 Å². The molecule has 7 heteroatoms. The third-order valence-corrected chi connectivity index (χ3v) is 2.49. The van der Waals surface area contributed by atoms with Crippen molar-refractivity contribution in [3.8, 4) is 17.4 Å². The molecule has 0 radical (unpaired) electrons. The fraction of sp³-hybridized carbons (Fsp3) is 0.154. The maximum atomic E-state index is 10.7. The highest BCUT2D eigenvalue weighted by molar-refractivity contribution is 5.84. The molecule has 1 aromatic heterocycles. The molecule has 1 heterocycles. The second-order valence-electron chi connectivity index (χ2n) is 3.89. The van der Waals surface area contributed by atoms with Gasteiger partial charge in [-0.1, -0.05) is 18.2 Å². The second-order valence-corrected chi connectivity index (χ2v) is 3.89. The van der Waals surface area contributed by atoms with E-state index in [2.05, 4.69) is 9.98 Å².